The van der Waals surface area contributed by atoms with Gasteiger partial charge in [-0.3, -0.25) is 4.79 Å². The van der Waals surface area contributed by atoms with Crippen LogP contribution in [0.5, 0.6) is 5.75 Å². The van der Waals surface area contributed by atoms with Crippen LogP contribution in [0.25, 0.3) is 0 Å². The van der Waals surface area contributed by atoms with Crippen molar-refractivity contribution in [1.82, 2.24) is 4.31 Å². The molecular formula is C18H20Cl2N2O4S. The number of carbonyl (C=O) groups is 1. The van der Waals surface area contributed by atoms with E-state index in [0.717, 1.165) is 0 Å². The number of amides is 1. The lowest BCUT2D eigenvalue weighted by Gasteiger charge is -2.18. The zero-order valence-electron chi connectivity index (χ0n) is 14.9. The molecule has 2 aromatic rings. The number of anilines is 1. The Morgan fingerprint density at radius 2 is 1.70 bits per heavy atom. The summed E-state index contributed by atoms with van der Waals surface area (Å²) in [7, 11) is -3.53. The summed E-state index contributed by atoms with van der Waals surface area (Å²) in [6.45, 7) is 4.10. The van der Waals surface area contributed by atoms with Gasteiger partial charge in [0.15, 0.2) is 6.61 Å². The van der Waals surface area contributed by atoms with Gasteiger partial charge in [-0.1, -0.05) is 37.0 Å². The molecule has 0 aliphatic rings. The quantitative estimate of drug-likeness (QED) is 0.685. The van der Waals surface area contributed by atoms with Gasteiger partial charge in [0, 0.05) is 18.1 Å². The van der Waals surface area contributed by atoms with Crippen molar-refractivity contribution in [3.05, 3.63) is 52.5 Å². The molecule has 0 aromatic heterocycles. The molecule has 0 spiro atoms. The summed E-state index contributed by atoms with van der Waals surface area (Å²) in [5.41, 5.74) is 0.426. The normalized spacial score (nSPS) is 11.4. The van der Waals surface area contributed by atoms with Crippen LogP contribution in [0, 0.1) is 0 Å². The molecule has 2 rings (SSSR count). The van der Waals surface area contributed by atoms with Crippen molar-refractivity contribution >= 4 is 44.8 Å². The molecule has 0 heterocycles. The summed E-state index contributed by atoms with van der Waals surface area (Å²) in [5, 5.41) is 3.40. The van der Waals surface area contributed by atoms with Gasteiger partial charge in [-0.15, -0.1) is 0 Å². The molecule has 0 fully saturated rings. The van der Waals surface area contributed by atoms with E-state index >= 15 is 0 Å². The Hall–Kier alpha value is -1.80. The Labute approximate surface area is 169 Å². The maximum absolute atomic E-state index is 12.4. The first-order valence-corrected chi connectivity index (χ1v) is 10.5. The molecule has 9 heteroatoms. The van der Waals surface area contributed by atoms with E-state index in [-0.39, 0.29) is 11.5 Å². The van der Waals surface area contributed by atoms with Gasteiger partial charge >= 0.3 is 0 Å². The maximum Gasteiger partial charge on any atom is 0.262 e. The van der Waals surface area contributed by atoms with Crippen LogP contribution in [-0.2, 0) is 14.8 Å². The van der Waals surface area contributed by atoms with Gasteiger partial charge in [-0.2, -0.15) is 4.31 Å². The highest BCUT2D eigenvalue weighted by Gasteiger charge is 2.21. The largest absolute Gasteiger partial charge is 0.484 e. The predicted molar refractivity (Wildman–Crippen MR) is 107 cm³/mol. The minimum Gasteiger partial charge on any atom is -0.484 e. The van der Waals surface area contributed by atoms with E-state index in [9.17, 15) is 13.2 Å². The third kappa shape index (κ3) is 5.59. The Bertz CT molecular complexity index is 898. The van der Waals surface area contributed by atoms with Crippen molar-refractivity contribution in [2.45, 2.75) is 18.7 Å². The van der Waals surface area contributed by atoms with Gasteiger partial charge in [0.2, 0.25) is 10.0 Å². The van der Waals surface area contributed by atoms with Gasteiger partial charge < -0.3 is 10.1 Å². The Morgan fingerprint density at radius 1 is 1.07 bits per heavy atom. The monoisotopic (exact) mass is 430 g/mol. The number of nitrogens with zero attached hydrogens (tertiary/aromatic N) is 1. The molecule has 27 heavy (non-hydrogen) atoms. The van der Waals surface area contributed by atoms with Crippen molar-refractivity contribution in [3.63, 3.8) is 0 Å². The molecule has 6 nitrogen and oxygen atoms in total. The number of sulfonamides is 1. The van der Waals surface area contributed by atoms with Crippen molar-refractivity contribution in [1.29, 1.82) is 0 Å². The zero-order valence-corrected chi connectivity index (χ0v) is 17.2. The molecule has 0 saturated heterocycles. The lowest BCUT2D eigenvalue weighted by Crippen LogP contribution is -2.30. The van der Waals surface area contributed by atoms with Gasteiger partial charge in [-0.05, 0) is 42.5 Å². The van der Waals surface area contributed by atoms with Gasteiger partial charge in [0.05, 0.1) is 15.6 Å². The van der Waals surface area contributed by atoms with Crippen molar-refractivity contribution in [3.8, 4) is 5.75 Å². The zero-order chi connectivity index (χ0) is 20.0. The summed E-state index contributed by atoms with van der Waals surface area (Å²) >= 11 is 11.8. The Morgan fingerprint density at radius 3 is 2.26 bits per heavy atom. The first-order valence-electron chi connectivity index (χ1n) is 8.25. The van der Waals surface area contributed by atoms with Crippen LogP contribution in [0.15, 0.2) is 47.4 Å². The average molecular weight is 431 g/mol. The second-order valence-corrected chi connectivity index (χ2v) is 8.30. The van der Waals surface area contributed by atoms with Crippen molar-refractivity contribution in [2.75, 3.05) is 25.0 Å². The topological polar surface area (TPSA) is 75.7 Å². The molecular weight excluding hydrogens is 411 g/mol. The number of nitrogens with one attached hydrogen (secondary N) is 1. The van der Waals surface area contributed by atoms with Crippen LogP contribution in [0.1, 0.15) is 13.8 Å². The number of ether oxygens (including phenoxy) is 1. The lowest BCUT2D eigenvalue weighted by atomic mass is 10.3. The highest BCUT2D eigenvalue weighted by Crippen LogP contribution is 2.25. The Kier molecular flexibility index (Phi) is 7.49. The van der Waals surface area contributed by atoms with E-state index in [0.29, 0.717) is 34.6 Å². The van der Waals surface area contributed by atoms with Gasteiger partial charge in [0.1, 0.15) is 5.75 Å². The van der Waals surface area contributed by atoms with Crippen molar-refractivity contribution in [2.24, 2.45) is 0 Å². The number of hydrogen-bond donors (Lipinski definition) is 1. The molecule has 0 atom stereocenters. The average Bonchev–Trinajstić information content (AvgIpc) is 2.63. The fourth-order valence-electron chi connectivity index (χ4n) is 2.35. The van der Waals surface area contributed by atoms with E-state index in [1.54, 1.807) is 26.0 Å². The second-order valence-electron chi connectivity index (χ2n) is 5.52. The smallest absolute Gasteiger partial charge is 0.262 e. The molecule has 0 bridgehead atoms. The van der Waals surface area contributed by atoms with Crippen LogP contribution in [-0.4, -0.2) is 38.3 Å². The third-order valence-corrected chi connectivity index (χ3v) is 6.35. The minimum atomic E-state index is -3.53. The lowest BCUT2D eigenvalue weighted by molar-refractivity contribution is -0.118. The Balaban J connectivity index is 1.97. The van der Waals surface area contributed by atoms with E-state index < -0.39 is 15.9 Å². The standard InChI is InChI=1S/C18H20Cl2N2O4S/c1-3-22(4-2)27(24,25)15-8-6-14(7-9-15)26-12-18(23)21-17-10-5-13(19)11-16(17)20/h5-11H,3-4,12H2,1-2H3,(H,21,23). The molecule has 2 aromatic carbocycles. The molecule has 0 aliphatic heterocycles. The molecule has 146 valence electrons. The van der Waals surface area contributed by atoms with E-state index in [2.05, 4.69) is 5.32 Å². The summed E-state index contributed by atoms with van der Waals surface area (Å²) in [5.74, 6) is -0.0232. The number of carbonyl (C=O) groups excluding carboxylic acids is 1. The summed E-state index contributed by atoms with van der Waals surface area (Å²) in [4.78, 5) is 12.2. The van der Waals surface area contributed by atoms with E-state index in [4.69, 9.17) is 27.9 Å². The van der Waals surface area contributed by atoms with Gasteiger partial charge in [-0.25, -0.2) is 8.42 Å². The fourth-order valence-corrected chi connectivity index (χ4v) is 4.26. The highest BCUT2D eigenvalue weighted by molar-refractivity contribution is 7.89. The second kappa shape index (κ2) is 9.41. The molecule has 0 unspecified atom stereocenters. The first-order chi connectivity index (χ1) is 12.8. The third-order valence-electron chi connectivity index (χ3n) is 3.74. The van der Waals surface area contributed by atoms with E-state index in [1.165, 1.54) is 34.6 Å². The van der Waals surface area contributed by atoms with Crippen LogP contribution < -0.4 is 10.1 Å². The van der Waals surface area contributed by atoms with Crippen LogP contribution in [0.3, 0.4) is 0 Å². The van der Waals surface area contributed by atoms with E-state index in [1.807, 2.05) is 0 Å². The van der Waals surface area contributed by atoms with Gasteiger partial charge in [0.25, 0.3) is 5.91 Å². The summed E-state index contributed by atoms with van der Waals surface area (Å²) < 4.78 is 31.6. The molecule has 0 saturated carbocycles. The first kappa shape index (κ1) is 21.5. The molecule has 0 radical (unpaired) electrons. The van der Waals surface area contributed by atoms with Crippen LogP contribution in [0.4, 0.5) is 5.69 Å². The summed E-state index contributed by atoms with van der Waals surface area (Å²) in [6, 6.07) is 10.7. The summed E-state index contributed by atoms with van der Waals surface area (Å²) in [6.07, 6.45) is 0. The highest BCUT2D eigenvalue weighted by atomic mass is 35.5. The maximum atomic E-state index is 12.4. The number of halogens is 2. The number of rotatable bonds is 8. The molecule has 1 N–H and O–H groups in total. The molecule has 0 aliphatic carbocycles. The SMILES string of the molecule is CCN(CC)S(=O)(=O)c1ccc(OCC(=O)Nc2ccc(Cl)cc2Cl)cc1. The predicted octanol–water partition coefficient (Wildman–Crippen LogP) is 4.04. The fraction of sp³-hybridized carbons (Fsp3) is 0.278. The van der Waals surface area contributed by atoms with Crippen molar-refractivity contribution < 1.29 is 17.9 Å². The molecule has 1 amide bonds. The number of hydrogen-bond acceptors (Lipinski definition) is 4. The van der Waals surface area contributed by atoms with Crippen LogP contribution >= 0.6 is 23.2 Å². The minimum absolute atomic E-state index is 0.177. The van der Waals surface area contributed by atoms with Crippen LogP contribution in [0.2, 0.25) is 10.0 Å². The number of benzene rings is 2.